The van der Waals surface area contributed by atoms with E-state index in [0.717, 1.165) is 22.4 Å². The van der Waals surface area contributed by atoms with Crippen LogP contribution >= 0.6 is 23.2 Å². The molecule has 2 aromatic heterocycles. The molecule has 5 nitrogen and oxygen atoms in total. The zero-order valence-electron chi connectivity index (χ0n) is 15.7. The summed E-state index contributed by atoms with van der Waals surface area (Å²) >= 11 is 12.8. The number of carbonyl (C=O) groups is 1. The van der Waals surface area contributed by atoms with E-state index >= 15 is 0 Å². The van der Waals surface area contributed by atoms with E-state index in [1.54, 1.807) is 36.3 Å². The highest BCUT2D eigenvalue weighted by Crippen LogP contribution is 2.28. The summed E-state index contributed by atoms with van der Waals surface area (Å²) in [7, 11) is 1.74. The second-order valence-corrected chi connectivity index (χ2v) is 7.49. The van der Waals surface area contributed by atoms with Gasteiger partial charge in [-0.25, -0.2) is 4.98 Å². The third-order valence-electron chi connectivity index (χ3n) is 4.72. The van der Waals surface area contributed by atoms with E-state index in [2.05, 4.69) is 4.98 Å². The Balaban J connectivity index is 1.71. The van der Waals surface area contributed by atoms with Gasteiger partial charge in [-0.15, -0.1) is 0 Å². The number of benzene rings is 2. The van der Waals surface area contributed by atoms with Gasteiger partial charge in [0, 0.05) is 28.9 Å². The van der Waals surface area contributed by atoms with Crippen molar-refractivity contribution in [2.45, 2.75) is 13.1 Å². The average molecular weight is 425 g/mol. The first kappa shape index (κ1) is 19.4. The molecular formula is C22H18Cl2N4O. The molecular weight excluding hydrogens is 407 g/mol. The molecule has 1 amide bonds. The maximum Gasteiger partial charge on any atom is 0.272 e. The fourth-order valence-corrected chi connectivity index (χ4v) is 3.75. The Bertz CT molecular complexity index is 1150. The minimum absolute atomic E-state index is 0.167. The second-order valence-electron chi connectivity index (χ2n) is 6.68. The van der Waals surface area contributed by atoms with Crippen LogP contribution in [0.1, 0.15) is 21.9 Å². The summed E-state index contributed by atoms with van der Waals surface area (Å²) in [6, 6.07) is 18.6. The van der Waals surface area contributed by atoms with E-state index in [-0.39, 0.29) is 5.91 Å². The third-order valence-corrected chi connectivity index (χ3v) is 5.43. The summed E-state index contributed by atoms with van der Waals surface area (Å²) in [5, 5.41) is 1.19. The van der Waals surface area contributed by atoms with Gasteiger partial charge in [0.05, 0.1) is 24.1 Å². The molecule has 0 fully saturated rings. The van der Waals surface area contributed by atoms with Gasteiger partial charge in [0.25, 0.3) is 5.91 Å². The fraction of sp³-hybridized carbons (Fsp3) is 0.136. The first-order chi connectivity index (χ1) is 14.0. The largest absolute Gasteiger partial charge is 0.333 e. The smallest absolute Gasteiger partial charge is 0.272 e. The van der Waals surface area contributed by atoms with Crippen molar-refractivity contribution >= 4 is 40.1 Å². The van der Waals surface area contributed by atoms with Crippen LogP contribution in [0.2, 0.25) is 10.0 Å². The minimum atomic E-state index is -0.167. The molecule has 4 rings (SSSR count). The van der Waals surface area contributed by atoms with Gasteiger partial charge in [0.15, 0.2) is 0 Å². The van der Waals surface area contributed by atoms with Crippen molar-refractivity contribution in [1.82, 2.24) is 19.4 Å². The first-order valence-corrected chi connectivity index (χ1v) is 9.83. The van der Waals surface area contributed by atoms with Crippen molar-refractivity contribution in [1.29, 1.82) is 0 Å². The van der Waals surface area contributed by atoms with E-state index in [1.807, 2.05) is 47.0 Å². The lowest BCUT2D eigenvalue weighted by Crippen LogP contribution is -2.28. The Morgan fingerprint density at radius 1 is 1.00 bits per heavy atom. The van der Waals surface area contributed by atoms with E-state index in [4.69, 9.17) is 28.2 Å². The molecule has 2 heterocycles. The molecule has 0 saturated heterocycles. The molecule has 0 bridgehead atoms. The summed E-state index contributed by atoms with van der Waals surface area (Å²) in [5.41, 5.74) is 3.02. The van der Waals surface area contributed by atoms with E-state index < -0.39 is 0 Å². The topological polar surface area (TPSA) is 51.0 Å². The first-order valence-electron chi connectivity index (χ1n) is 9.08. The Morgan fingerprint density at radius 2 is 1.72 bits per heavy atom. The lowest BCUT2D eigenvalue weighted by atomic mass is 10.2. The van der Waals surface area contributed by atoms with Crippen LogP contribution in [0.4, 0.5) is 0 Å². The van der Waals surface area contributed by atoms with Crippen LogP contribution in [0.5, 0.6) is 0 Å². The molecule has 0 aliphatic rings. The number of para-hydroxylation sites is 2. The molecule has 0 aliphatic carbocycles. The number of aromatic nitrogens is 3. The normalized spacial score (nSPS) is 11.0. The van der Waals surface area contributed by atoms with E-state index in [0.29, 0.717) is 28.8 Å². The number of carbonyl (C=O) groups excluding carboxylic acids is 1. The number of pyridine rings is 1. The van der Waals surface area contributed by atoms with Gasteiger partial charge in [-0.2, -0.15) is 0 Å². The molecule has 2 aromatic carbocycles. The molecule has 146 valence electrons. The number of hydrogen-bond acceptors (Lipinski definition) is 3. The summed E-state index contributed by atoms with van der Waals surface area (Å²) in [4.78, 5) is 23.2. The average Bonchev–Trinajstić information content (AvgIpc) is 3.07. The quantitative estimate of drug-likeness (QED) is 0.449. The summed E-state index contributed by atoms with van der Waals surface area (Å²) in [6.45, 7) is 0.784. The number of imidazole rings is 1. The molecule has 0 unspecified atom stereocenters. The van der Waals surface area contributed by atoms with Crippen LogP contribution in [-0.4, -0.2) is 32.4 Å². The van der Waals surface area contributed by atoms with Crippen molar-refractivity contribution in [3.05, 3.63) is 94.0 Å². The molecule has 0 spiro atoms. The summed E-state index contributed by atoms with van der Waals surface area (Å²) < 4.78 is 2.05. The standard InChI is InChI=1S/C22H18Cl2N4O/c1-27(22(29)19-10-4-5-12-25-19)14-21-26-18-9-2-3-11-20(18)28(21)13-15-16(23)7-6-8-17(15)24/h2-12H,13-14H2,1H3. The Hall–Kier alpha value is -2.89. The maximum absolute atomic E-state index is 12.7. The van der Waals surface area contributed by atoms with Crippen molar-refractivity contribution in [3.63, 3.8) is 0 Å². The summed E-state index contributed by atoms with van der Waals surface area (Å²) in [6.07, 6.45) is 1.61. The number of nitrogens with zero attached hydrogens (tertiary/aromatic N) is 4. The number of halogens is 2. The predicted octanol–water partition coefficient (Wildman–Crippen LogP) is 5.06. The van der Waals surface area contributed by atoms with Crippen molar-refractivity contribution in [2.24, 2.45) is 0 Å². The van der Waals surface area contributed by atoms with Crippen molar-refractivity contribution in [2.75, 3.05) is 7.05 Å². The van der Waals surface area contributed by atoms with Gasteiger partial charge >= 0.3 is 0 Å². The molecule has 0 aliphatic heterocycles. The van der Waals surface area contributed by atoms with Gasteiger partial charge in [-0.3, -0.25) is 9.78 Å². The highest BCUT2D eigenvalue weighted by molar-refractivity contribution is 6.36. The van der Waals surface area contributed by atoms with Crippen LogP contribution in [0.25, 0.3) is 11.0 Å². The molecule has 0 saturated carbocycles. The van der Waals surface area contributed by atoms with E-state index in [1.165, 1.54) is 0 Å². The predicted molar refractivity (Wildman–Crippen MR) is 115 cm³/mol. The van der Waals surface area contributed by atoms with Crippen LogP contribution in [0.3, 0.4) is 0 Å². The zero-order valence-corrected chi connectivity index (χ0v) is 17.2. The highest BCUT2D eigenvalue weighted by atomic mass is 35.5. The number of rotatable bonds is 5. The van der Waals surface area contributed by atoms with Gasteiger partial charge in [-0.1, -0.05) is 47.5 Å². The van der Waals surface area contributed by atoms with E-state index in [9.17, 15) is 4.79 Å². The fourth-order valence-electron chi connectivity index (χ4n) is 3.23. The lowest BCUT2D eigenvalue weighted by molar-refractivity contribution is 0.0774. The Morgan fingerprint density at radius 3 is 2.45 bits per heavy atom. The number of fused-ring (bicyclic) bond motifs is 1. The molecule has 0 N–H and O–H groups in total. The van der Waals surface area contributed by atoms with Gasteiger partial charge in [0.1, 0.15) is 11.5 Å². The van der Waals surface area contributed by atoms with Crippen LogP contribution in [0, 0.1) is 0 Å². The van der Waals surface area contributed by atoms with Crippen molar-refractivity contribution < 1.29 is 4.79 Å². The minimum Gasteiger partial charge on any atom is -0.333 e. The van der Waals surface area contributed by atoms with Gasteiger partial charge < -0.3 is 9.47 Å². The lowest BCUT2D eigenvalue weighted by Gasteiger charge is -2.18. The molecule has 0 atom stereocenters. The number of hydrogen-bond donors (Lipinski definition) is 0. The third kappa shape index (κ3) is 3.97. The van der Waals surface area contributed by atoms with Gasteiger partial charge in [-0.05, 0) is 36.4 Å². The van der Waals surface area contributed by atoms with Crippen molar-refractivity contribution in [3.8, 4) is 0 Å². The molecule has 4 aromatic rings. The Labute approximate surface area is 178 Å². The zero-order chi connectivity index (χ0) is 20.4. The highest BCUT2D eigenvalue weighted by Gasteiger charge is 2.19. The Kier molecular flexibility index (Phi) is 5.51. The maximum atomic E-state index is 12.7. The van der Waals surface area contributed by atoms with Crippen LogP contribution in [0.15, 0.2) is 66.9 Å². The van der Waals surface area contributed by atoms with Gasteiger partial charge in [0.2, 0.25) is 0 Å². The molecule has 7 heteroatoms. The molecule has 29 heavy (non-hydrogen) atoms. The SMILES string of the molecule is CN(Cc1nc2ccccc2n1Cc1c(Cl)cccc1Cl)C(=O)c1ccccn1. The van der Waals surface area contributed by atoms with Crippen LogP contribution in [-0.2, 0) is 13.1 Å². The monoisotopic (exact) mass is 424 g/mol. The summed E-state index contributed by atoms with van der Waals surface area (Å²) in [5.74, 6) is 0.578. The number of amides is 1. The van der Waals surface area contributed by atoms with Crippen LogP contribution < -0.4 is 0 Å². The molecule has 0 radical (unpaired) electrons. The second kappa shape index (κ2) is 8.23.